The minimum Gasteiger partial charge on any atom is -0.479 e. The Kier molecular flexibility index (Phi) is 5.98. The Labute approximate surface area is 149 Å². The quantitative estimate of drug-likeness (QED) is 0.830. The summed E-state index contributed by atoms with van der Waals surface area (Å²) in [5, 5.41) is 9.53. The van der Waals surface area contributed by atoms with E-state index in [-0.39, 0.29) is 6.61 Å². The summed E-state index contributed by atoms with van der Waals surface area (Å²) in [5.41, 5.74) is 2.32. The lowest BCUT2D eigenvalue weighted by Crippen LogP contribution is -2.36. The topological polar surface area (TPSA) is 66.8 Å². The molecule has 2 aromatic carbocycles. The number of halogens is 1. The van der Waals surface area contributed by atoms with Crippen LogP contribution in [0.3, 0.4) is 0 Å². The third-order valence-electron chi connectivity index (χ3n) is 3.63. The number of carboxylic acids is 1. The molecule has 0 aliphatic heterocycles. The molecule has 126 valence electrons. The van der Waals surface area contributed by atoms with E-state index < -0.39 is 18.1 Å². The number of benzene rings is 2. The fourth-order valence-electron chi connectivity index (χ4n) is 2.24. The van der Waals surface area contributed by atoms with Crippen molar-refractivity contribution in [3.63, 3.8) is 0 Å². The van der Waals surface area contributed by atoms with Crippen molar-refractivity contribution in [1.82, 2.24) is 4.90 Å². The number of ether oxygens (including phenoxy) is 1. The summed E-state index contributed by atoms with van der Waals surface area (Å²) in [6, 6.07) is 13.3. The fourth-order valence-corrected chi connectivity index (χ4v) is 2.63. The third-order valence-corrected chi connectivity index (χ3v) is 4.48. The van der Waals surface area contributed by atoms with E-state index in [0.29, 0.717) is 5.56 Å². The molecule has 1 N–H and O–H groups in total. The van der Waals surface area contributed by atoms with Crippen LogP contribution in [0, 0.1) is 6.92 Å². The first-order valence-electron chi connectivity index (χ1n) is 7.32. The highest BCUT2D eigenvalue weighted by Gasteiger charge is 2.29. The number of nitrogens with zero attached hydrogens (tertiary/aromatic N) is 1. The highest BCUT2D eigenvalue weighted by molar-refractivity contribution is 9.10. The number of aryl methyl sites for hydroxylation is 1. The van der Waals surface area contributed by atoms with E-state index in [1.807, 2.05) is 37.3 Å². The molecule has 0 saturated heterocycles. The van der Waals surface area contributed by atoms with Crippen molar-refractivity contribution in [3.05, 3.63) is 69.7 Å². The van der Waals surface area contributed by atoms with Crippen LogP contribution in [0.1, 0.15) is 22.7 Å². The van der Waals surface area contributed by atoms with Gasteiger partial charge in [0.05, 0.1) is 0 Å². The Balaban J connectivity index is 2.13. The van der Waals surface area contributed by atoms with E-state index in [9.17, 15) is 14.7 Å². The van der Waals surface area contributed by atoms with Crippen LogP contribution < -0.4 is 0 Å². The fraction of sp³-hybridized carbons (Fsp3) is 0.222. The molecular weight excluding hydrogens is 374 g/mol. The molecule has 6 heteroatoms. The summed E-state index contributed by atoms with van der Waals surface area (Å²) in [5.74, 6) is -1.12. The first kappa shape index (κ1) is 18.0. The van der Waals surface area contributed by atoms with Gasteiger partial charge in [-0.15, -0.1) is 0 Å². The van der Waals surface area contributed by atoms with Crippen LogP contribution in [0.25, 0.3) is 0 Å². The summed E-state index contributed by atoms with van der Waals surface area (Å²) in [7, 11) is 1.42. The number of hydrogen-bond donors (Lipinski definition) is 1. The number of carbonyl (C=O) groups is 2. The van der Waals surface area contributed by atoms with Crippen LogP contribution in [0.15, 0.2) is 53.0 Å². The van der Waals surface area contributed by atoms with Crippen LogP contribution in [-0.4, -0.2) is 29.1 Å². The number of amides is 1. The van der Waals surface area contributed by atoms with Gasteiger partial charge in [-0.1, -0.05) is 58.4 Å². The summed E-state index contributed by atoms with van der Waals surface area (Å²) in [6.07, 6.45) is -0.692. The molecule has 0 aliphatic rings. The van der Waals surface area contributed by atoms with E-state index in [4.69, 9.17) is 4.74 Å². The molecule has 0 spiro atoms. The normalized spacial score (nSPS) is 11.6. The van der Waals surface area contributed by atoms with Crippen molar-refractivity contribution in [2.75, 3.05) is 7.05 Å². The lowest BCUT2D eigenvalue weighted by atomic mass is 10.0. The van der Waals surface area contributed by atoms with Gasteiger partial charge in [0, 0.05) is 11.5 Å². The van der Waals surface area contributed by atoms with Crippen LogP contribution in [0.5, 0.6) is 0 Å². The van der Waals surface area contributed by atoms with Gasteiger partial charge in [-0.2, -0.15) is 0 Å². The predicted molar refractivity (Wildman–Crippen MR) is 93.6 cm³/mol. The number of aliphatic carboxylic acids is 1. The minimum absolute atomic E-state index is 0.0912. The smallest absolute Gasteiger partial charge is 0.410 e. The van der Waals surface area contributed by atoms with Gasteiger partial charge >= 0.3 is 12.1 Å². The zero-order chi connectivity index (χ0) is 17.7. The largest absolute Gasteiger partial charge is 0.479 e. The van der Waals surface area contributed by atoms with Gasteiger partial charge in [-0.3, -0.25) is 4.90 Å². The maximum Gasteiger partial charge on any atom is 0.410 e. The predicted octanol–water partition coefficient (Wildman–Crippen LogP) is 4.15. The Morgan fingerprint density at radius 3 is 2.46 bits per heavy atom. The van der Waals surface area contributed by atoms with E-state index in [1.165, 1.54) is 7.05 Å². The molecular formula is C18H18BrNO4. The van der Waals surface area contributed by atoms with Crippen molar-refractivity contribution >= 4 is 28.0 Å². The molecule has 0 heterocycles. The van der Waals surface area contributed by atoms with E-state index in [1.54, 1.807) is 18.2 Å². The number of rotatable bonds is 5. The molecule has 0 bridgehead atoms. The molecule has 1 amide bonds. The molecule has 0 radical (unpaired) electrons. The molecule has 24 heavy (non-hydrogen) atoms. The summed E-state index contributed by atoms with van der Waals surface area (Å²) in [6.45, 7) is 2.00. The molecule has 0 fully saturated rings. The first-order valence-corrected chi connectivity index (χ1v) is 8.12. The second-order valence-corrected chi connectivity index (χ2v) is 6.25. The molecule has 1 unspecified atom stereocenters. The first-order chi connectivity index (χ1) is 11.4. The number of likely N-dealkylation sites (N-methyl/N-ethyl adjacent to an activating group) is 1. The van der Waals surface area contributed by atoms with Crippen LogP contribution in [0.4, 0.5) is 4.79 Å². The minimum atomic E-state index is -1.12. The average molecular weight is 392 g/mol. The summed E-state index contributed by atoms with van der Waals surface area (Å²) in [4.78, 5) is 25.0. The number of carboxylic acid groups (broad SMARTS) is 1. The second kappa shape index (κ2) is 7.97. The lowest BCUT2D eigenvalue weighted by molar-refractivity contribution is -0.142. The van der Waals surface area contributed by atoms with Gasteiger partial charge < -0.3 is 9.84 Å². The molecule has 2 aromatic rings. The SMILES string of the molecule is Cc1ccc(C(C(=O)O)N(C)C(=O)OCc2ccccc2)cc1Br. The van der Waals surface area contributed by atoms with Crippen LogP contribution in [0.2, 0.25) is 0 Å². The maximum absolute atomic E-state index is 12.2. The monoisotopic (exact) mass is 391 g/mol. The van der Waals surface area contributed by atoms with E-state index >= 15 is 0 Å². The van der Waals surface area contributed by atoms with E-state index in [2.05, 4.69) is 15.9 Å². The van der Waals surface area contributed by atoms with Crippen molar-refractivity contribution < 1.29 is 19.4 Å². The summed E-state index contributed by atoms with van der Waals surface area (Å²) < 4.78 is 6.00. The molecule has 1 atom stereocenters. The highest BCUT2D eigenvalue weighted by Crippen LogP contribution is 2.26. The number of carbonyl (C=O) groups excluding carboxylic acids is 1. The standard InChI is InChI=1S/C18H18BrNO4/c1-12-8-9-14(10-15(12)19)16(17(21)22)20(2)18(23)24-11-13-6-4-3-5-7-13/h3-10,16H,11H2,1-2H3,(H,21,22). The number of hydrogen-bond acceptors (Lipinski definition) is 3. The van der Waals surface area contributed by atoms with Gasteiger partial charge in [0.15, 0.2) is 6.04 Å². The van der Waals surface area contributed by atoms with Gasteiger partial charge in [0.25, 0.3) is 0 Å². The van der Waals surface area contributed by atoms with Gasteiger partial charge in [0.1, 0.15) is 6.61 Å². The zero-order valence-corrected chi connectivity index (χ0v) is 15.0. The molecule has 0 aliphatic carbocycles. The molecule has 0 saturated carbocycles. The van der Waals surface area contributed by atoms with Gasteiger partial charge in [-0.25, -0.2) is 9.59 Å². The average Bonchev–Trinajstić information content (AvgIpc) is 2.56. The Bertz CT molecular complexity index is 733. The Morgan fingerprint density at radius 1 is 1.21 bits per heavy atom. The van der Waals surface area contributed by atoms with Crippen molar-refractivity contribution in [2.45, 2.75) is 19.6 Å². The Morgan fingerprint density at radius 2 is 1.88 bits per heavy atom. The molecule has 2 rings (SSSR count). The summed E-state index contributed by atoms with van der Waals surface area (Å²) >= 11 is 3.38. The lowest BCUT2D eigenvalue weighted by Gasteiger charge is -2.25. The highest BCUT2D eigenvalue weighted by atomic mass is 79.9. The van der Waals surface area contributed by atoms with Crippen molar-refractivity contribution in [2.24, 2.45) is 0 Å². The molecule has 5 nitrogen and oxygen atoms in total. The van der Waals surface area contributed by atoms with Crippen molar-refractivity contribution in [1.29, 1.82) is 0 Å². The van der Waals surface area contributed by atoms with Crippen LogP contribution in [-0.2, 0) is 16.1 Å². The third kappa shape index (κ3) is 4.35. The second-order valence-electron chi connectivity index (χ2n) is 5.40. The maximum atomic E-state index is 12.2. The Hall–Kier alpha value is -2.34. The van der Waals surface area contributed by atoms with E-state index in [0.717, 1.165) is 20.5 Å². The molecule has 0 aromatic heterocycles. The van der Waals surface area contributed by atoms with Gasteiger partial charge in [0.2, 0.25) is 0 Å². The van der Waals surface area contributed by atoms with Crippen LogP contribution >= 0.6 is 15.9 Å². The van der Waals surface area contributed by atoms with Gasteiger partial charge in [-0.05, 0) is 29.7 Å². The zero-order valence-electron chi connectivity index (χ0n) is 13.4. The van der Waals surface area contributed by atoms with Crippen molar-refractivity contribution in [3.8, 4) is 0 Å².